The Morgan fingerprint density at radius 3 is 1.81 bits per heavy atom. The van der Waals surface area contributed by atoms with E-state index >= 15 is 0 Å². The Hall–Kier alpha value is -6.66. The summed E-state index contributed by atoms with van der Waals surface area (Å²) in [5.41, 5.74) is 7.60. The van der Waals surface area contributed by atoms with Gasteiger partial charge in [0.2, 0.25) is 5.71 Å². The lowest BCUT2D eigenvalue weighted by Gasteiger charge is -2.09. The number of rotatable bonds is 4. The third-order valence-electron chi connectivity index (χ3n) is 8.99. The van der Waals surface area contributed by atoms with Crippen LogP contribution in [0.3, 0.4) is 0 Å². The van der Waals surface area contributed by atoms with Crippen molar-refractivity contribution in [3.63, 3.8) is 0 Å². The Morgan fingerprint density at radius 1 is 0.417 bits per heavy atom. The highest BCUT2D eigenvalue weighted by Gasteiger charge is 2.22. The first-order chi connectivity index (χ1) is 23.8. The fourth-order valence-corrected chi connectivity index (χ4v) is 6.78. The van der Waals surface area contributed by atoms with Crippen LogP contribution in [0.1, 0.15) is 0 Å². The molecule has 0 aliphatic rings. The lowest BCUT2D eigenvalue weighted by Crippen LogP contribution is -2.00. The fraction of sp³-hybridized carbons (Fsp3) is 0. The van der Waals surface area contributed by atoms with Crippen LogP contribution in [-0.4, -0.2) is 19.9 Å². The second-order valence-corrected chi connectivity index (χ2v) is 11.8. The molecule has 0 aliphatic heterocycles. The molecule has 6 nitrogen and oxygen atoms in total. The molecule has 10 aromatic rings. The van der Waals surface area contributed by atoms with E-state index in [-0.39, 0.29) is 0 Å². The Morgan fingerprint density at radius 2 is 1.06 bits per heavy atom. The first-order valence-corrected chi connectivity index (χ1v) is 15.8. The molecule has 0 aliphatic carbocycles. The van der Waals surface area contributed by atoms with Crippen LogP contribution in [0.4, 0.5) is 0 Å². The molecule has 0 unspecified atom stereocenters. The van der Waals surface area contributed by atoms with E-state index in [1.807, 2.05) is 78.9 Å². The smallest absolute Gasteiger partial charge is 0.228 e. The van der Waals surface area contributed by atoms with E-state index in [0.717, 1.165) is 71.5 Å². The number of nitrogens with zero attached hydrogens (tertiary/aromatic N) is 4. The van der Waals surface area contributed by atoms with E-state index in [9.17, 15) is 0 Å². The third kappa shape index (κ3) is 4.13. The van der Waals surface area contributed by atoms with Crippen LogP contribution in [0.25, 0.3) is 100 Å². The van der Waals surface area contributed by atoms with Gasteiger partial charge in [0.15, 0.2) is 17.5 Å². The molecule has 48 heavy (non-hydrogen) atoms. The van der Waals surface area contributed by atoms with Crippen molar-refractivity contribution in [3.05, 3.63) is 146 Å². The molecule has 4 aromatic heterocycles. The van der Waals surface area contributed by atoms with Crippen molar-refractivity contribution in [2.24, 2.45) is 0 Å². The van der Waals surface area contributed by atoms with E-state index in [2.05, 4.69) is 65.6 Å². The number of furan rings is 2. The van der Waals surface area contributed by atoms with Gasteiger partial charge in [-0.1, -0.05) is 115 Å². The zero-order valence-corrected chi connectivity index (χ0v) is 25.5. The Balaban J connectivity index is 1.22. The van der Waals surface area contributed by atoms with Crippen molar-refractivity contribution in [2.45, 2.75) is 0 Å². The molecule has 0 fully saturated rings. The second kappa shape index (κ2) is 10.4. The SMILES string of the molecule is c1ccc(-c2nc(-c3ccccc3)nc(-c3ccnc4oc5c(-c6cccc7oc8cc9ccccc9cc8c67)cccc5c34)n2)cc1. The third-order valence-corrected chi connectivity index (χ3v) is 8.99. The van der Waals surface area contributed by atoms with Gasteiger partial charge < -0.3 is 8.83 Å². The first-order valence-electron chi connectivity index (χ1n) is 15.8. The zero-order valence-electron chi connectivity index (χ0n) is 25.5. The van der Waals surface area contributed by atoms with Gasteiger partial charge in [-0.2, -0.15) is 0 Å². The summed E-state index contributed by atoms with van der Waals surface area (Å²) in [6, 6.07) is 47.1. The molecule has 224 valence electrons. The van der Waals surface area contributed by atoms with E-state index < -0.39 is 0 Å². The highest BCUT2D eigenvalue weighted by molar-refractivity contribution is 6.20. The molecule has 6 heteroatoms. The summed E-state index contributed by atoms with van der Waals surface area (Å²) in [6.45, 7) is 0. The minimum absolute atomic E-state index is 0.521. The number of para-hydroxylation sites is 1. The summed E-state index contributed by atoms with van der Waals surface area (Å²) in [4.78, 5) is 19.6. The van der Waals surface area contributed by atoms with Gasteiger partial charge >= 0.3 is 0 Å². The molecule has 0 spiro atoms. The van der Waals surface area contributed by atoms with Crippen molar-refractivity contribution in [1.29, 1.82) is 0 Å². The quantitative estimate of drug-likeness (QED) is 0.196. The maximum absolute atomic E-state index is 6.62. The number of aromatic nitrogens is 4. The van der Waals surface area contributed by atoms with Crippen molar-refractivity contribution in [3.8, 4) is 45.3 Å². The maximum atomic E-state index is 6.62. The normalized spacial score (nSPS) is 11.8. The van der Waals surface area contributed by atoms with Crippen molar-refractivity contribution >= 4 is 54.8 Å². The summed E-state index contributed by atoms with van der Waals surface area (Å²) in [5.74, 6) is 1.76. The van der Waals surface area contributed by atoms with E-state index in [1.54, 1.807) is 6.20 Å². The zero-order chi connectivity index (χ0) is 31.6. The van der Waals surface area contributed by atoms with Gasteiger partial charge in [0.1, 0.15) is 16.7 Å². The van der Waals surface area contributed by atoms with Crippen LogP contribution in [0.2, 0.25) is 0 Å². The second-order valence-electron chi connectivity index (χ2n) is 11.8. The van der Waals surface area contributed by atoms with Gasteiger partial charge in [-0.25, -0.2) is 19.9 Å². The Kier molecular flexibility index (Phi) is 5.77. The minimum Gasteiger partial charge on any atom is -0.456 e. The molecular formula is C42H24N4O2. The molecule has 6 aromatic carbocycles. The molecule has 10 rings (SSSR count). The van der Waals surface area contributed by atoms with Crippen LogP contribution in [0.15, 0.2) is 155 Å². The van der Waals surface area contributed by atoms with Crippen molar-refractivity contribution in [1.82, 2.24) is 19.9 Å². The van der Waals surface area contributed by atoms with Crippen LogP contribution in [0, 0.1) is 0 Å². The summed E-state index contributed by atoms with van der Waals surface area (Å²) in [5, 5.41) is 6.22. The molecule has 0 atom stereocenters. The predicted octanol–water partition coefficient (Wildman–Crippen LogP) is 10.9. The predicted molar refractivity (Wildman–Crippen MR) is 191 cm³/mol. The van der Waals surface area contributed by atoms with Crippen molar-refractivity contribution in [2.75, 3.05) is 0 Å². The topological polar surface area (TPSA) is 77.8 Å². The fourth-order valence-electron chi connectivity index (χ4n) is 6.78. The van der Waals surface area contributed by atoms with E-state index in [4.69, 9.17) is 23.8 Å². The molecule has 0 N–H and O–H groups in total. The number of hydrogen-bond acceptors (Lipinski definition) is 6. The van der Waals surface area contributed by atoms with Gasteiger partial charge in [-0.15, -0.1) is 0 Å². The highest BCUT2D eigenvalue weighted by atomic mass is 16.3. The largest absolute Gasteiger partial charge is 0.456 e. The Bertz CT molecular complexity index is 2780. The molecule has 0 radical (unpaired) electrons. The number of benzene rings is 6. The first kappa shape index (κ1) is 26.5. The van der Waals surface area contributed by atoms with Crippen LogP contribution in [0.5, 0.6) is 0 Å². The molecule has 4 heterocycles. The summed E-state index contributed by atoms with van der Waals surface area (Å²) < 4.78 is 13.0. The minimum atomic E-state index is 0.521. The number of pyridine rings is 1. The molecular weight excluding hydrogens is 592 g/mol. The van der Waals surface area contributed by atoms with Gasteiger partial charge in [-0.05, 0) is 40.6 Å². The summed E-state index contributed by atoms with van der Waals surface area (Å²) in [6.07, 6.45) is 1.75. The van der Waals surface area contributed by atoms with Gasteiger partial charge in [0.05, 0.1) is 5.39 Å². The molecule has 0 saturated carbocycles. The van der Waals surface area contributed by atoms with Gasteiger partial charge in [-0.3, -0.25) is 0 Å². The maximum Gasteiger partial charge on any atom is 0.228 e. The lowest BCUT2D eigenvalue weighted by molar-refractivity contribution is 0.655. The average Bonchev–Trinajstić information content (AvgIpc) is 3.72. The number of hydrogen-bond donors (Lipinski definition) is 0. The van der Waals surface area contributed by atoms with E-state index in [1.165, 1.54) is 5.39 Å². The van der Waals surface area contributed by atoms with Gasteiger partial charge in [0.25, 0.3) is 0 Å². The Labute approximate surface area is 274 Å². The molecule has 0 bridgehead atoms. The summed E-state index contributed by atoms with van der Waals surface area (Å²) in [7, 11) is 0. The van der Waals surface area contributed by atoms with Crippen LogP contribution < -0.4 is 0 Å². The molecule has 0 saturated heterocycles. The van der Waals surface area contributed by atoms with Crippen molar-refractivity contribution < 1.29 is 8.83 Å². The van der Waals surface area contributed by atoms with Crippen LogP contribution >= 0.6 is 0 Å². The monoisotopic (exact) mass is 616 g/mol. The average molecular weight is 617 g/mol. The number of fused-ring (bicyclic) bond motifs is 7. The van der Waals surface area contributed by atoms with Crippen LogP contribution in [-0.2, 0) is 0 Å². The standard InChI is InChI=1S/C42H24N4O2/c1-3-11-25(12-4-1)39-44-40(26-13-5-2-6-14-26)46-41(45-39)32-21-22-43-42-37(32)31-19-9-18-30(38(31)48-42)29-17-10-20-34-36(29)33-23-27-15-7-8-16-28(27)24-35(33)47-34/h1-24H. The highest BCUT2D eigenvalue weighted by Crippen LogP contribution is 2.43. The summed E-state index contributed by atoms with van der Waals surface area (Å²) >= 11 is 0. The van der Waals surface area contributed by atoms with E-state index in [0.29, 0.717) is 23.2 Å². The lowest BCUT2D eigenvalue weighted by atomic mass is 9.96. The molecule has 0 amide bonds. The van der Waals surface area contributed by atoms with Gasteiger partial charge in [0, 0.05) is 44.6 Å².